The number of carbonyl (C=O) groups is 1. The van der Waals surface area contributed by atoms with E-state index < -0.39 is 5.91 Å². The highest BCUT2D eigenvalue weighted by molar-refractivity contribution is 6.08. The molecule has 2 heterocycles. The summed E-state index contributed by atoms with van der Waals surface area (Å²) >= 11 is 0. The third kappa shape index (κ3) is 2.98. The molecule has 3 rings (SSSR count). The molecule has 0 unspecified atom stereocenters. The lowest BCUT2D eigenvalue weighted by atomic mass is 10.1. The number of hydrogen-bond acceptors (Lipinski definition) is 4. The molecule has 6 heteroatoms. The van der Waals surface area contributed by atoms with E-state index in [9.17, 15) is 9.59 Å². The fourth-order valence-electron chi connectivity index (χ4n) is 2.82. The first kappa shape index (κ1) is 16.7. The molecule has 0 aliphatic carbocycles. The molecular formula is C19H19N3O3. The number of ether oxygens (including phenoxy) is 1. The fraction of sp³-hybridized carbons (Fsp3) is 0.211. The van der Waals surface area contributed by atoms with Gasteiger partial charge in [0.15, 0.2) is 0 Å². The maximum Gasteiger partial charge on any atom is 0.267 e. The van der Waals surface area contributed by atoms with Gasteiger partial charge in [0.25, 0.3) is 11.5 Å². The summed E-state index contributed by atoms with van der Waals surface area (Å²) in [4.78, 5) is 29.8. The standard InChI is InChI=1S/C19H19N3O3/c1-4-22-14-8-6-5-7-13(14)17(25-3)16(19(22)24)18(23)21-15-10-9-12(2)11-20-15/h5-11H,4H2,1-3H3,(H,20,21,23). The van der Waals surface area contributed by atoms with Gasteiger partial charge in [0.05, 0.1) is 12.6 Å². The highest BCUT2D eigenvalue weighted by atomic mass is 16.5. The van der Waals surface area contributed by atoms with Crippen molar-refractivity contribution in [2.75, 3.05) is 12.4 Å². The molecule has 1 aromatic carbocycles. The molecule has 0 fully saturated rings. The number of anilines is 1. The van der Waals surface area contributed by atoms with Crippen LogP contribution in [-0.4, -0.2) is 22.6 Å². The number of hydrogen-bond donors (Lipinski definition) is 1. The predicted octanol–water partition coefficient (Wildman–Crippen LogP) is 2.99. The molecule has 3 aromatic rings. The maximum absolute atomic E-state index is 12.9. The average Bonchev–Trinajstić information content (AvgIpc) is 2.62. The molecule has 0 atom stereocenters. The Morgan fingerprint density at radius 3 is 2.64 bits per heavy atom. The van der Waals surface area contributed by atoms with Crippen LogP contribution in [0.25, 0.3) is 10.9 Å². The van der Waals surface area contributed by atoms with Gasteiger partial charge in [0.2, 0.25) is 0 Å². The third-order valence-corrected chi connectivity index (χ3v) is 4.03. The summed E-state index contributed by atoms with van der Waals surface area (Å²) in [5.74, 6) is 0.120. The van der Waals surface area contributed by atoms with Crippen molar-refractivity contribution in [3.8, 4) is 5.75 Å². The number of methoxy groups -OCH3 is 1. The van der Waals surface area contributed by atoms with Gasteiger partial charge in [-0.1, -0.05) is 18.2 Å². The molecule has 0 saturated heterocycles. The van der Waals surface area contributed by atoms with E-state index in [4.69, 9.17) is 4.74 Å². The molecule has 2 aromatic heterocycles. The number of pyridine rings is 2. The molecule has 25 heavy (non-hydrogen) atoms. The Labute approximate surface area is 145 Å². The molecule has 0 radical (unpaired) electrons. The number of aryl methyl sites for hydroxylation is 2. The summed E-state index contributed by atoms with van der Waals surface area (Å²) < 4.78 is 6.99. The lowest BCUT2D eigenvalue weighted by Gasteiger charge is -2.15. The van der Waals surface area contributed by atoms with E-state index >= 15 is 0 Å². The predicted molar refractivity (Wildman–Crippen MR) is 97.4 cm³/mol. The van der Waals surface area contributed by atoms with Gasteiger partial charge in [0.1, 0.15) is 17.1 Å². The van der Waals surface area contributed by atoms with E-state index in [0.29, 0.717) is 17.7 Å². The van der Waals surface area contributed by atoms with Gasteiger partial charge in [-0.3, -0.25) is 9.59 Å². The lowest BCUT2D eigenvalue weighted by Crippen LogP contribution is -2.30. The van der Waals surface area contributed by atoms with Crippen molar-refractivity contribution in [1.29, 1.82) is 0 Å². The Morgan fingerprint density at radius 2 is 2.00 bits per heavy atom. The van der Waals surface area contributed by atoms with Gasteiger partial charge in [-0.2, -0.15) is 0 Å². The minimum Gasteiger partial charge on any atom is -0.495 e. The normalized spacial score (nSPS) is 10.7. The number of nitrogens with zero attached hydrogens (tertiary/aromatic N) is 2. The topological polar surface area (TPSA) is 73.2 Å². The van der Waals surface area contributed by atoms with Crippen LogP contribution in [-0.2, 0) is 6.54 Å². The van der Waals surface area contributed by atoms with E-state index in [2.05, 4.69) is 10.3 Å². The Hall–Kier alpha value is -3.15. The first-order valence-corrected chi connectivity index (χ1v) is 8.00. The van der Waals surface area contributed by atoms with Crippen molar-refractivity contribution >= 4 is 22.6 Å². The first-order chi connectivity index (χ1) is 12.1. The smallest absolute Gasteiger partial charge is 0.267 e. The van der Waals surface area contributed by atoms with Gasteiger partial charge in [-0.05, 0) is 37.6 Å². The zero-order chi connectivity index (χ0) is 18.0. The zero-order valence-electron chi connectivity index (χ0n) is 14.4. The van der Waals surface area contributed by atoms with Crippen LogP contribution in [0.1, 0.15) is 22.8 Å². The zero-order valence-corrected chi connectivity index (χ0v) is 14.4. The lowest BCUT2D eigenvalue weighted by molar-refractivity contribution is 0.102. The van der Waals surface area contributed by atoms with E-state index in [0.717, 1.165) is 11.1 Å². The van der Waals surface area contributed by atoms with Crippen molar-refractivity contribution in [3.63, 3.8) is 0 Å². The average molecular weight is 337 g/mol. The highest BCUT2D eigenvalue weighted by Gasteiger charge is 2.23. The van der Waals surface area contributed by atoms with Crippen LogP contribution in [0.5, 0.6) is 5.75 Å². The molecule has 1 N–H and O–H groups in total. The van der Waals surface area contributed by atoms with Crippen LogP contribution in [0.15, 0.2) is 47.4 Å². The number of benzene rings is 1. The van der Waals surface area contributed by atoms with Crippen LogP contribution in [0.2, 0.25) is 0 Å². The van der Waals surface area contributed by atoms with Crippen molar-refractivity contribution < 1.29 is 9.53 Å². The first-order valence-electron chi connectivity index (χ1n) is 8.00. The van der Waals surface area contributed by atoms with Crippen molar-refractivity contribution in [1.82, 2.24) is 9.55 Å². The molecular weight excluding hydrogens is 318 g/mol. The number of amides is 1. The minimum absolute atomic E-state index is 0.0228. The maximum atomic E-state index is 12.9. The summed E-state index contributed by atoms with van der Waals surface area (Å²) in [6.07, 6.45) is 1.65. The number of nitrogens with one attached hydrogen (secondary N) is 1. The molecule has 0 spiro atoms. The van der Waals surface area contributed by atoms with E-state index in [-0.39, 0.29) is 16.9 Å². The van der Waals surface area contributed by atoms with E-state index in [1.54, 1.807) is 16.8 Å². The van der Waals surface area contributed by atoms with Crippen LogP contribution in [0.3, 0.4) is 0 Å². The van der Waals surface area contributed by atoms with Crippen molar-refractivity contribution in [2.24, 2.45) is 0 Å². The Kier molecular flexibility index (Phi) is 4.52. The molecule has 0 bridgehead atoms. The number of carbonyl (C=O) groups excluding carboxylic acids is 1. The van der Waals surface area contributed by atoms with Gasteiger partial charge in [-0.25, -0.2) is 4.98 Å². The second-order valence-electron chi connectivity index (χ2n) is 5.65. The molecule has 0 saturated carbocycles. The summed E-state index contributed by atoms with van der Waals surface area (Å²) in [5, 5.41) is 3.39. The third-order valence-electron chi connectivity index (χ3n) is 4.03. The van der Waals surface area contributed by atoms with Gasteiger partial charge >= 0.3 is 0 Å². The van der Waals surface area contributed by atoms with Crippen molar-refractivity contribution in [3.05, 3.63) is 64.1 Å². The summed E-state index contributed by atoms with van der Waals surface area (Å²) in [6.45, 7) is 4.22. The van der Waals surface area contributed by atoms with Crippen LogP contribution in [0, 0.1) is 6.92 Å². The second-order valence-corrected chi connectivity index (χ2v) is 5.65. The van der Waals surface area contributed by atoms with Gasteiger partial charge in [-0.15, -0.1) is 0 Å². The molecule has 0 aliphatic rings. The number of rotatable bonds is 4. The molecule has 0 aliphatic heterocycles. The monoisotopic (exact) mass is 337 g/mol. The highest BCUT2D eigenvalue weighted by Crippen LogP contribution is 2.27. The molecule has 6 nitrogen and oxygen atoms in total. The fourth-order valence-corrected chi connectivity index (χ4v) is 2.82. The second kappa shape index (κ2) is 6.76. The van der Waals surface area contributed by atoms with Crippen molar-refractivity contribution in [2.45, 2.75) is 20.4 Å². The number of aromatic nitrogens is 2. The summed E-state index contributed by atoms with van der Waals surface area (Å²) in [5.41, 5.74) is 1.31. The quantitative estimate of drug-likeness (QED) is 0.794. The Bertz CT molecular complexity index is 991. The van der Waals surface area contributed by atoms with Crippen LogP contribution >= 0.6 is 0 Å². The summed E-state index contributed by atoms with van der Waals surface area (Å²) in [6, 6.07) is 10.9. The SMILES string of the molecule is CCn1c(=O)c(C(=O)Nc2ccc(C)cn2)c(OC)c2ccccc21. The van der Waals surface area contributed by atoms with E-state index in [1.165, 1.54) is 7.11 Å². The molecule has 1 amide bonds. The largest absolute Gasteiger partial charge is 0.495 e. The van der Waals surface area contributed by atoms with Crippen LogP contribution < -0.4 is 15.6 Å². The molecule has 128 valence electrons. The Morgan fingerprint density at radius 1 is 1.24 bits per heavy atom. The van der Waals surface area contributed by atoms with Gasteiger partial charge < -0.3 is 14.6 Å². The van der Waals surface area contributed by atoms with Crippen LogP contribution in [0.4, 0.5) is 5.82 Å². The Balaban J connectivity index is 2.17. The van der Waals surface area contributed by atoms with Gasteiger partial charge in [0, 0.05) is 18.1 Å². The number of para-hydroxylation sites is 1. The van der Waals surface area contributed by atoms with E-state index in [1.807, 2.05) is 44.2 Å². The summed E-state index contributed by atoms with van der Waals surface area (Å²) in [7, 11) is 1.46. The number of fused-ring (bicyclic) bond motifs is 1. The minimum atomic E-state index is -0.536.